The average Bonchev–Trinajstić information content (AvgIpc) is 3.26. The van der Waals surface area contributed by atoms with Crippen LogP contribution >= 0.6 is 11.8 Å². The molecule has 0 bridgehead atoms. The summed E-state index contributed by atoms with van der Waals surface area (Å²) in [6.07, 6.45) is 2.23. The first-order valence-electron chi connectivity index (χ1n) is 7.41. The zero-order chi connectivity index (χ0) is 14.9. The Morgan fingerprint density at radius 2 is 2.19 bits per heavy atom. The summed E-state index contributed by atoms with van der Waals surface area (Å²) in [5.41, 5.74) is 0.146. The minimum atomic E-state index is -0.746. The SMILES string of the molecule is O=C(NCC1(O)CCSCC1)C1CC1c1cccc(F)c1. The summed E-state index contributed by atoms with van der Waals surface area (Å²) >= 11 is 1.84. The Morgan fingerprint density at radius 3 is 2.90 bits per heavy atom. The standard InChI is InChI=1S/C16H20FNO2S/c17-12-3-1-2-11(8-12)13-9-14(13)15(19)18-10-16(20)4-6-21-7-5-16/h1-3,8,13-14,20H,4-7,9-10H2,(H,18,19). The third-order valence-electron chi connectivity index (χ3n) is 4.42. The van der Waals surface area contributed by atoms with Crippen LogP contribution in [0.2, 0.25) is 0 Å². The topological polar surface area (TPSA) is 49.3 Å². The van der Waals surface area contributed by atoms with Gasteiger partial charge in [0.25, 0.3) is 0 Å². The number of carbonyl (C=O) groups excluding carboxylic acids is 1. The van der Waals surface area contributed by atoms with Crippen LogP contribution in [0.25, 0.3) is 0 Å². The monoisotopic (exact) mass is 309 g/mol. The molecule has 114 valence electrons. The number of rotatable bonds is 4. The van der Waals surface area contributed by atoms with E-state index in [2.05, 4.69) is 5.32 Å². The Bertz CT molecular complexity index is 531. The number of carbonyl (C=O) groups is 1. The Kier molecular flexibility index (Phi) is 4.22. The normalized spacial score (nSPS) is 27.1. The summed E-state index contributed by atoms with van der Waals surface area (Å²) in [6, 6.07) is 6.47. The van der Waals surface area contributed by atoms with E-state index >= 15 is 0 Å². The van der Waals surface area contributed by atoms with Crippen LogP contribution in [0.5, 0.6) is 0 Å². The molecule has 3 nitrogen and oxygen atoms in total. The molecule has 2 unspecified atom stereocenters. The highest BCUT2D eigenvalue weighted by molar-refractivity contribution is 7.99. The van der Waals surface area contributed by atoms with Crippen molar-refractivity contribution in [2.75, 3.05) is 18.1 Å². The number of amides is 1. The lowest BCUT2D eigenvalue weighted by molar-refractivity contribution is -0.123. The molecule has 1 aromatic rings. The van der Waals surface area contributed by atoms with Crippen LogP contribution < -0.4 is 5.32 Å². The first-order valence-corrected chi connectivity index (χ1v) is 8.56. The molecule has 5 heteroatoms. The van der Waals surface area contributed by atoms with Crippen molar-refractivity contribution in [1.82, 2.24) is 5.32 Å². The highest BCUT2D eigenvalue weighted by atomic mass is 32.2. The molecule has 1 saturated heterocycles. The van der Waals surface area contributed by atoms with E-state index in [0.717, 1.165) is 36.3 Å². The third kappa shape index (κ3) is 3.58. The summed E-state index contributed by atoms with van der Waals surface area (Å²) in [6.45, 7) is 0.332. The van der Waals surface area contributed by atoms with Crippen LogP contribution in [-0.4, -0.2) is 34.7 Å². The van der Waals surface area contributed by atoms with Crippen LogP contribution in [0.1, 0.15) is 30.7 Å². The number of aliphatic hydroxyl groups is 1. The lowest BCUT2D eigenvalue weighted by Crippen LogP contribution is -2.45. The number of hydrogen-bond acceptors (Lipinski definition) is 3. The fourth-order valence-electron chi connectivity index (χ4n) is 2.90. The first-order chi connectivity index (χ1) is 10.1. The van der Waals surface area contributed by atoms with Crippen LogP contribution in [0, 0.1) is 11.7 Å². The van der Waals surface area contributed by atoms with Gasteiger partial charge in [0.2, 0.25) is 5.91 Å². The molecule has 0 radical (unpaired) electrons. The van der Waals surface area contributed by atoms with Crippen LogP contribution in [-0.2, 0) is 4.79 Å². The van der Waals surface area contributed by atoms with Gasteiger partial charge in [-0.15, -0.1) is 0 Å². The molecule has 21 heavy (non-hydrogen) atoms. The lowest BCUT2D eigenvalue weighted by atomic mass is 9.97. The molecule has 0 spiro atoms. The second-order valence-corrected chi connectivity index (χ2v) is 7.28. The first kappa shape index (κ1) is 14.9. The molecule has 1 amide bonds. The minimum Gasteiger partial charge on any atom is -0.388 e. The van der Waals surface area contributed by atoms with Crippen molar-refractivity contribution >= 4 is 17.7 Å². The summed E-state index contributed by atoms with van der Waals surface area (Å²) < 4.78 is 13.2. The number of nitrogens with one attached hydrogen (secondary N) is 1. The highest BCUT2D eigenvalue weighted by Gasteiger charge is 2.44. The molecule has 2 N–H and O–H groups in total. The van der Waals surface area contributed by atoms with Crippen LogP contribution in [0.15, 0.2) is 24.3 Å². The van der Waals surface area contributed by atoms with Crippen molar-refractivity contribution in [2.24, 2.45) is 5.92 Å². The maximum atomic E-state index is 13.2. The lowest BCUT2D eigenvalue weighted by Gasteiger charge is -2.31. The van der Waals surface area contributed by atoms with E-state index < -0.39 is 5.60 Å². The van der Waals surface area contributed by atoms with Crippen molar-refractivity contribution < 1.29 is 14.3 Å². The van der Waals surface area contributed by atoms with Gasteiger partial charge in [0.15, 0.2) is 0 Å². The van der Waals surface area contributed by atoms with E-state index in [1.165, 1.54) is 12.1 Å². The predicted octanol–water partition coefficient (Wildman–Crippen LogP) is 2.30. The Morgan fingerprint density at radius 1 is 1.43 bits per heavy atom. The molecule has 1 aliphatic carbocycles. The van der Waals surface area contributed by atoms with Gasteiger partial charge in [-0.1, -0.05) is 12.1 Å². The number of thioether (sulfide) groups is 1. The second kappa shape index (κ2) is 5.97. The molecule has 1 saturated carbocycles. The number of benzene rings is 1. The zero-order valence-corrected chi connectivity index (χ0v) is 12.7. The highest BCUT2D eigenvalue weighted by Crippen LogP contribution is 2.47. The van der Waals surface area contributed by atoms with Crippen molar-refractivity contribution in [3.8, 4) is 0 Å². The molecule has 1 heterocycles. The second-order valence-electron chi connectivity index (χ2n) is 6.06. The van der Waals surface area contributed by atoms with E-state index in [0.29, 0.717) is 6.54 Å². The summed E-state index contributed by atoms with van der Waals surface area (Å²) in [5, 5.41) is 13.2. The van der Waals surface area contributed by atoms with Crippen LogP contribution in [0.3, 0.4) is 0 Å². The zero-order valence-electron chi connectivity index (χ0n) is 11.8. The molecule has 2 aliphatic rings. The Balaban J connectivity index is 1.51. The largest absolute Gasteiger partial charge is 0.388 e. The van der Waals surface area contributed by atoms with E-state index in [1.54, 1.807) is 6.07 Å². The van der Waals surface area contributed by atoms with Crippen molar-refractivity contribution in [2.45, 2.75) is 30.8 Å². The van der Waals surface area contributed by atoms with Crippen LogP contribution in [0.4, 0.5) is 4.39 Å². The predicted molar refractivity (Wildman–Crippen MR) is 81.8 cm³/mol. The van der Waals surface area contributed by atoms with E-state index in [4.69, 9.17) is 0 Å². The van der Waals surface area contributed by atoms with Gasteiger partial charge in [-0.2, -0.15) is 11.8 Å². The van der Waals surface area contributed by atoms with Gasteiger partial charge in [-0.3, -0.25) is 4.79 Å². The van der Waals surface area contributed by atoms with Gasteiger partial charge in [0.05, 0.1) is 5.60 Å². The van der Waals surface area contributed by atoms with Gasteiger partial charge >= 0.3 is 0 Å². The van der Waals surface area contributed by atoms with Crippen molar-refractivity contribution in [1.29, 1.82) is 0 Å². The van der Waals surface area contributed by atoms with Gasteiger partial charge < -0.3 is 10.4 Å². The minimum absolute atomic E-state index is 0.0177. The molecule has 0 aromatic heterocycles. The smallest absolute Gasteiger partial charge is 0.223 e. The Labute approximate surface area is 128 Å². The third-order valence-corrected chi connectivity index (χ3v) is 5.40. The van der Waals surface area contributed by atoms with Crippen molar-refractivity contribution in [3.05, 3.63) is 35.6 Å². The quantitative estimate of drug-likeness (QED) is 0.897. The molecule has 2 fully saturated rings. The Hall–Kier alpha value is -1.07. The maximum absolute atomic E-state index is 13.2. The van der Waals surface area contributed by atoms with E-state index in [-0.39, 0.29) is 23.6 Å². The summed E-state index contributed by atoms with van der Waals surface area (Å²) in [7, 11) is 0. The molecular weight excluding hydrogens is 289 g/mol. The fourth-order valence-corrected chi connectivity index (χ4v) is 4.15. The van der Waals surface area contributed by atoms with Gasteiger partial charge in [0, 0.05) is 12.5 Å². The fraction of sp³-hybridized carbons (Fsp3) is 0.562. The maximum Gasteiger partial charge on any atom is 0.223 e. The molecule has 2 atom stereocenters. The van der Waals surface area contributed by atoms with E-state index in [9.17, 15) is 14.3 Å². The summed E-state index contributed by atoms with van der Waals surface area (Å²) in [5.74, 6) is 1.66. The van der Waals surface area contributed by atoms with Crippen molar-refractivity contribution in [3.63, 3.8) is 0 Å². The molecule has 1 aromatic carbocycles. The average molecular weight is 309 g/mol. The molecular formula is C16H20FNO2S. The molecule has 3 rings (SSSR count). The summed E-state index contributed by atoms with van der Waals surface area (Å²) in [4.78, 5) is 12.1. The number of hydrogen-bond donors (Lipinski definition) is 2. The number of halogens is 1. The van der Waals surface area contributed by atoms with E-state index in [1.807, 2.05) is 17.8 Å². The van der Waals surface area contributed by atoms with Gasteiger partial charge in [-0.05, 0) is 54.4 Å². The molecule has 1 aliphatic heterocycles. The van der Waals surface area contributed by atoms with Gasteiger partial charge in [0.1, 0.15) is 5.82 Å². The van der Waals surface area contributed by atoms with Gasteiger partial charge in [-0.25, -0.2) is 4.39 Å².